The monoisotopic (exact) mass is 844 g/mol. The number of primary amides is 3. The lowest BCUT2D eigenvalue weighted by atomic mass is 10.1. The maximum atomic E-state index is 10.5. The van der Waals surface area contributed by atoms with E-state index in [1.54, 1.807) is 0 Å². The molecule has 0 aromatic rings. The van der Waals surface area contributed by atoms with E-state index in [1.165, 1.54) is 212 Å². The first-order chi connectivity index (χ1) is 29.3. The number of hydrogen-bond acceptors (Lipinski definition) is 3. The van der Waals surface area contributed by atoms with Gasteiger partial charge in [0.05, 0.1) is 0 Å². The lowest BCUT2D eigenvalue weighted by molar-refractivity contribution is -0.119. The summed E-state index contributed by atoms with van der Waals surface area (Å²) in [5, 5.41) is 0. The van der Waals surface area contributed by atoms with E-state index < -0.39 is 0 Å². The summed E-state index contributed by atoms with van der Waals surface area (Å²) in [6.07, 6.45) is 65.8. The molecule has 60 heavy (non-hydrogen) atoms. The Bertz CT molecular complexity index is 826. The Morgan fingerprint density at radius 1 is 0.250 bits per heavy atom. The fraction of sp³-hybridized carbons (Fsp3) is 0.833. The van der Waals surface area contributed by atoms with Crippen LogP contribution in [0.3, 0.4) is 0 Å². The van der Waals surface area contributed by atoms with Crippen molar-refractivity contribution in [3.05, 3.63) is 36.5 Å². The van der Waals surface area contributed by atoms with Crippen LogP contribution in [-0.4, -0.2) is 17.7 Å². The second kappa shape index (κ2) is 58.7. The van der Waals surface area contributed by atoms with E-state index in [-0.39, 0.29) is 17.7 Å². The molecular weight excluding hydrogens is 739 g/mol. The number of carbonyl (C=O) groups excluding carboxylic acids is 3. The number of nitrogens with two attached hydrogens (primary N) is 3. The highest BCUT2D eigenvalue weighted by Gasteiger charge is 1.97. The van der Waals surface area contributed by atoms with Crippen LogP contribution >= 0.6 is 0 Å². The summed E-state index contributed by atoms with van der Waals surface area (Å²) in [6, 6.07) is 0. The number of unbranched alkanes of at least 4 members (excludes halogenated alkanes) is 33. The first-order valence-electron chi connectivity index (χ1n) is 26.1. The van der Waals surface area contributed by atoms with Gasteiger partial charge in [0.25, 0.3) is 0 Å². The summed E-state index contributed by atoms with van der Waals surface area (Å²) in [5.74, 6) is -0.493. The summed E-state index contributed by atoms with van der Waals surface area (Å²) in [5.41, 5.74) is 15.3. The van der Waals surface area contributed by atoms with Crippen LogP contribution in [-0.2, 0) is 14.4 Å². The summed E-state index contributed by atoms with van der Waals surface area (Å²) in [6.45, 7) is 6.79. The average molecular weight is 844 g/mol. The van der Waals surface area contributed by atoms with Gasteiger partial charge in [0.15, 0.2) is 0 Å². The maximum absolute atomic E-state index is 10.5. The zero-order valence-electron chi connectivity index (χ0n) is 40.6. The van der Waals surface area contributed by atoms with E-state index >= 15 is 0 Å². The molecule has 6 N–H and O–H groups in total. The molecule has 6 nitrogen and oxygen atoms in total. The van der Waals surface area contributed by atoms with Gasteiger partial charge in [-0.05, 0) is 96.3 Å². The van der Waals surface area contributed by atoms with Crippen molar-refractivity contribution in [3.8, 4) is 0 Å². The molecule has 0 aromatic carbocycles. The summed E-state index contributed by atoms with van der Waals surface area (Å²) in [7, 11) is 0. The van der Waals surface area contributed by atoms with Crippen molar-refractivity contribution in [2.24, 2.45) is 17.2 Å². The molecular formula is C54H105N3O3. The third kappa shape index (κ3) is 70.2. The van der Waals surface area contributed by atoms with Crippen molar-refractivity contribution in [2.45, 2.75) is 290 Å². The maximum Gasteiger partial charge on any atom is 0.217 e. The largest absolute Gasteiger partial charge is 0.370 e. The molecule has 0 saturated carbocycles. The van der Waals surface area contributed by atoms with Gasteiger partial charge in [-0.1, -0.05) is 211 Å². The van der Waals surface area contributed by atoms with Crippen LogP contribution in [0.2, 0.25) is 0 Å². The van der Waals surface area contributed by atoms with Crippen molar-refractivity contribution in [1.82, 2.24) is 0 Å². The smallest absolute Gasteiger partial charge is 0.217 e. The summed E-state index contributed by atoms with van der Waals surface area (Å²) in [4.78, 5) is 31.6. The van der Waals surface area contributed by atoms with E-state index in [2.05, 4.69) is 57.2 Å². The number of allylic oxidation sites excluding steroid dienone is 6. The number of hydrogen-bond donors (Lipinski definition) is 3. The van der Waals surface area contributed by atoms with Gasteiger partial charge in [-0.2, -0.15) is 0 Å². The van der Waals surface area contributed by atoms with Gasteiger partial charge in [-0.3, -0.25) is 14.4 Å². The molecule has 0 heterocycles. The molecule has 0 unspecified atom stereocenters. The van der Waals surface area contributed by atoms with Gasteiger partial charge in [-0.25, -0.2) is 0 Å². The van der Waals surface area contributed by atoms with Gasteiger partial charge in [0.2, 0.25) is 17.7 Å². The van der Waals surface area contributed by atoms with Gasteiger partial charge < -0.3 is 17.2 Å². The predicted octanol–water partition coefficient (Wildman–Crippen LogP) is 16.5. The fourth-order valence-electron chi connectivity index (χ4n) is 7.11. The molecule has 0 atom stereocenters. The molecule has 0 aliphatic heterocycles. The highest BCUT2D eigenvalue weighted by atomic mass is 16.1. The number of carbonyl (C=O) groups is 3. The van der Waals surface area contributed by atoms with E-state index in [9.17, 15) is 14.4 Å². The topological polar surface area (TPSA) is 129 Å². The number of rotatable bonds is 45. The molecule has 0 spiro atoms. The van der Waals surface area contributed by atoms with Crippen molar-refractivity contribution in [2.75, 3.05) is 0 Å². The lowest BCUT2D eigenvalue weighted by Crippen LogP contribution is -2.09. The van der Waals surface area contributed by atoms with Gasteiger partial charge in [0, 0.05) is 19.3 Å². The minimum Gasteiger partial charge on any atom is -0.370 e. The standard InChI is InChI=1S/3C18H35NO/c3*1-2-3-4-5-6-7-8-9-10-11-12-13-14-15-16-17-18(19)20/h3*9-10H,2-8,11-17H2,1H3,(H2,19,20)/b3*10-9-. The summed E-state index contributed by atoms with van der Waals surface area (Å²) < 4.78 is 0. The van der Waals surface area contributed by atoms with Crippen LogP contribution in [0.15, 0.2) is 36.5 Å². The SMILES string of the molecule is CCCCCCCC/C=C\CCCCCCCC(N)=O.CCCCCCCC/C=C\CCCCCCCC(N)=O.CCCCCCCC/C=C\CCCCCCCC(N)=O. The first-order valence-corrected chi connectivity index (χ1v) is 26.1. The minimum atomic E-state index is -0.164. The highest BCUT2D eigenvalue weighted by Crippen LogP contribution is 2.13. The molecule has 3 amide bonds. The number of amides is 3. The predicted molar refractivity (Wildman–Crippen MR) is 266 cm³/mol. The Morgan fingerprint density at radius 3 is 0.567 bits per heavy atom. The molecule has 0 aliphatic carbocycles. The summed E-state index contributed by atoms with van der Waals surface area (Å²) >= 11 is 0. The highest BCUT2D eigenvalue weighted by molar-refractivity contribution is 5.74. The molecule has 354 valence electrons. The van der Waals surface area contributed by atoms with Crippen LogP contribution in [0.4, 0.5) is 0 Å². The van der Waals surface area contributed by atoms with Crippen molar-refractivity contribution in [3.63, 3.8) is 0 Å². The molecule has 0 bridgehead atoms. The van der Waals surface area contributed by atoms with Crippen LogP contribution < -0.4 is 17.2 Å². The minimum absolute atomic E-state index is 0.164. The molecule has 0 radical (unpaired) electrons. The Hall–Kier alpha value is -2.37. The van der Waals surface area contributed by atoms with E-state index in [4.69, 9.17) is 17.2 Å². The Balaban J connectivity index is -0.000000812. The van der Waals surface area contributed by atoms with E-state index in [0.29, 0.717) is 19.3 Å². The van der Waals surface area contributed by atoms with Gasteiger partial charge in [0.1, 0.15) is 0 Å². The van der Waals surface area contributed by atoms with Crippen LogP contribution in [0.1, 0.15) is 290 Å². The van der Waals surface area contributed by atoms with Crippen LogP contribution in [0.25, 0.3) is 0 Å². The Kier molecular flexibility index (Phi) is 60.6. The Labute approximate surface area is 375 Å². The Morgan fingerprint density at radius 2 is 0.400 bits per heavy atom. The van der Waals surface area contributed by atoms with Gasteiger partial charge >= 0.3 is 0 Å². The van der Waals surface area contributed by atoms with E-state index in [0.717, 1.165) is 38.5 Å². The van der Waals surface area contributed by atoms with Gasteiger partial charge in [-0.15, -0.1) is 0 Å². The van der Waals surface area contributed by atoms with Crippen molar-refractivity contribution < 1.29 is 14.4 Å². The second-order valence-electron chi connectivity index (χ2n) is 17.4. The van der Waals surface area contributed by atoms with Crippen molar-refractivity contribution in [1.29, 1.82) is 0 Å². The quantitative estimate of drug-likeness (QED) is 0.0417. The molecule has 0 fully saturated rings. The van der Waals surface area contributed by atoms with Crippen LogP contribution in [0, 0.1) is 0 Å². The zero-order valence-corrected chi connectivity index (χ0v) is 40.6. The average Bonchev–Trinajstić information content (AvgIpc) is 3.22. The molecule has 0 aromatic heterocycles. The lowest BCUT2D eigenvalue weighted by Gasteiger charge is -1.99. The molecule has 0 rings (SSSR count). The first kappa shape index (κ1) is 61.9. The third-order valence-electron chi connectivity index (χ3n) is 11.1. The second-order valence-corrected chi connectivity index (χ2v) is 17.4. The third-order valence-corrected chi connectivity index (χ3v) is 11.1. The molecule has 0 aliphatic rings. The molecule has 0 saturated heterocycles. The van der Waals surface area contributed by atoms with E-state index in [1.807, 2.05) is 0 Å². The zero-order chi connectivity index (χ0) is 44.7. The fourth-order valence-corrected chi connectivity index (χ4v) is 7.11. The molecule has 6 heteroatoms. The normalized spacial score (nSPS) is 11.2. The van der Waals surface area contributed by atoms with Crippen molar-refractivity contribution >= 4 is 17.7 Å². The van der Waals surface area contributed by atoms with Crippen LogP contribution in [0.5, 0.6) is 0 Å².